The fourth-order valence-corrected chi connectivity index (χ4v) is 2.14. The third kappa shape index (κ3) is 5.39. The first-order chi connectivity index (χ1) is 9.08. The number of rotatable bonds is 8. The number of aliphatic hydroxyl groups is 1. The Morgan fingerprint density at radius 3 is 2.74 bits per heavy atom. The highest BCUT2D eigenvalue weighted by Gasteiger charge is 2.13. The van der Waals surface area contributed by atoms with Gasteiger partial charge in [0.15, 0.2) is 0 Å². The predicted molar refractivity (Wildman–Crippen MR) is 79.9 cm³/mol. The zero-order chi connectivity index (χ0) is 14.3. The van der Waals surface area contributed by atoms with Crippen LogP contribution in [0.15, 0.2) is 18.2 Å². The predicted octanol–water partition coefficient (Wildman–Crippen LogP) is 3.41. The molecule has 0 amide bonds. The van der Waals surface area contributed by atoms with E-state index in [9.17, 15) is 0 Å². The Morgan fingerprint density at radius 1 is 1.37 bits per heavy atom. The fourth-order valence-electron chi connectivity index (χ4n) is 1.96. The summed E-state index contributed by atoms with van der Waals surface area (Å²) in [4.78, 5) is 0. The minimum atomic E-state index is 0.168. The topological polar surface area (TPSA) is 41.5 Å². The quantitative estimate of drug-likeness (QED) is 0.769. The summed E-state index contributed by atoms with van der Waals surface area (Å²) in [6.07, 6.45) is 0.813. The van der Waals surface area contributed by atoms with Crippen molar-refractivity contribution in [2.45, 2.75) is 33.2 Å². The minimum absolute atomic E-state index is 0.168. The molecule has 1 rings (SSSR count). The van der Waals surface area contributed by atoms with E-state index in [1.807, 2.05) is 25.1 Å². The zero-order valence-electron chi connectivity index (χ0n) is 11.9. The van der Waals surface area contributed by atoms with Crippen LogP contribution in [0.5, 0.6) is 5.75 Å². The maximum Gasteiger partial charge on any atom is 0.124 e. The Labute approximate surface area is 120 Å². The van der Waals surface area contributed by atoms with Crippen LogP contribution in [0.4, 0.5) is 0 Å². The summed E-state index contributed by atoms with van der Waals surface area (Å²) >= 11 is 6.06. The van der Waals surface area contributed by atoms with Gasteiger partial charge < -0.3 is 15.2 Å². The molecule has 2 atom stereocenters. The van der Waals surface area contributed by atoms with E-state index < -0.39 is 0 Å². The van der Waals surface area contributed by atoms with Crippen molar-refractivity contribution in [2.75, 3.05) is 19.8 Å². The first-order valence-electron chi connectivity index (χ1n) is 6.85. The molecule has 0 spiro atoms. The Morgan fingerprint density at radius 2 is 2.11 bits per heavy atom. The molecule has 4 heteroatoms. The molecule has 0 aromatic heterocycles. The molecule has 0 aliphatic carbocycles. The molecule has 1 aromatic rings. The summed E-state index contributed by atoms with van der Waals surface area (Å²) in [5, 5.41) is 13.1. The van der Waals surface area contributed by atoms with Crippen LogP contribution in [-0.2, 0) is 0 Å². The molecular formula is C15H24ClNO2. The van der Waals surface area contributed by atoms with Crippen molar-refractivity contribution in [1.29, 1.82) is 0 Å². The third-order valence-electron chi connectivity index (χ3n) is 3.13. The van der Waals surface area contributed by atoms with Crippen LogP contribution in [0, 0.1) is 5.92 Å². The normalized spacial score (nSPS) is 14.2. The molecule has 3 nitrogen and oxygen atoms in total. The second-order valence-electron chi connectivity index (χ2n) is 4.86. The minimum Gasteiger partial charge on any atom is -0.494 e. The molecule has 0 bridgehead atoms. The zero-order valence-corrected chi connectivity index (χ0v) is 12.7. The third-order valence-corrected chi connectivity index (χ3v) is 3.37. The second kappa shape index (κ2) is 8.41. The lowest BCUT2D eigenvalue weighted by molar-refractivity contribution is 0.258. The maximum atomic E-state index is 8.90. The Hall–Kier alpha value is -0.770. The van der Waals surface area contributed by atoms with Crippen LogP contribution < -0.4 is 10.1 Å². The van der Waals surface area contributed by atoms with Crippen molar-refractivity contribution in [3.8, 4) is 5.75 Å². The number of benzene rings is 1. The lowest BCUT2D eigenvalue weighted by atomic mass is 10.0. The largest absolute Gasteiger partial charge is 0.494 e. The van der Waals surface area contributed by atoms with Gasteiger partial charge in [0.25, 0.3) is 0 Å². The van der Waals surface area contributed by atoms with E-state index in [1.165, 1.54) is 0 Å². The van der Waals surface area contributed by atoms with E-state index in [-0.39, 0.29) is 12.6 Å². The van der Waals surface area contributed by atoms with Crippen LogP contribution >= 0.6 is 11.6 Å². The highest BCUT2D eigenvalue weighted by molar-refractivity contribution is 6.30. The van der Waals surface area contributed by atoms with Gasteiger partial charge in [-0.25, -0.2) is 0 Å². The van der Waals surface area contributed by atoms with E-state index >= 15 is 0 Å². The van der Waals surface area contributed by atoms with Crippen LogP contribution in [0.25, 0.3) is 0 Å². The van der Waals surface area contributed by atoms with Crippen LogP contribution in [0.3, 0.4) is 0 Å². The number of ether oxygens (including phenoxy) is 1. The van der Waals surface area contributed by atoms with Gasteiger partial charge in [0, 0.05) is 23.2 Å². The molecule has 0 heterocycles. The Balaban J connectivity index is 2.69. The summed E-state index contributed by atoms with van der Waals surface area (Å²) in [6.45, 7) is 7.93. The Kier molecular flexibility index (Phi) is 7.21. The van der Waals surface area contributed by atoms with Gasteiger partial charge in [-0.2, -0.15) is 0 Å². The molecule has 0 aliphatic rings. The number of aliphatic hydroxyl groups excluding tert-OH is 1. The van der Waals surface area contributed by atoms with Crippen molar-refractivity contribution in [3.63, 3.8) is 0 Å². The summed E-state index contributed by atoms with van der Waals surface area (Å²) in [6, 6.07) is 5.87. The SMILES string of the molecule is CCOc1ccc(Cl)cc1C(C)NCC(C)CCO. The van der Waals surface area contributed by atoms with Crippen LogP contribution in [-0.4, -0.2) is 24.9 Å². The van der Waals surface area contributed by atoms with Crippen molar-refractivity contribution >= 4 is 11.6 Å². The molecule has 0 fully saturated rings. The highest BCUT2D eigenvalue weighted by Crippen LogP contribution is 2.28. The molecular weight excluding hydrogens is 262 g/mol. The lowest BCUT2D eigenvalue weighted by Crippen LogP contribution is -2.25. The standard InChI is InChI=1S/C15H24ClNO2/c1-4-19-15-6-5-13(16)9-14(15)12(3)17-10-11(2)7-8-18/h5-6,9,11-12,17-18H,4,7-8,10H2,1-3H3. The first-order valence-corrected chi connectivity index (χ1v) is 7.22. The smallest absolute Gasteiger partial charge is 0.124 e. The summed E-state index contributed by atoms with van der Waals surface area (Å²) in [5.41, 5.74) is 1.07. The van der Waals surface area contributed by atoms with Gasteiger partial charge in [-0.3, -0.25) is 0 Å². The van der Waals surface area contributed by atoms with Crippen LogP contribution in [0.1, 0.15) is 38.8 Å². The second-order valence-corrected chi connectivity index (χ2v) is 5.30. The lowest BCUT2D eigenvalue weighted by Gasteiger charge is -2.20. The average molecular weight is 286 g/mol. The van der Waals surface area contributed by atoms with Gasteiger partial charge >= 0.3 is 0 Å². The van der Waals surface area contributed by atoms with Gasteiger partial charge in [-0.1, -0.05) is 18.5 Å². The van der Waals surface area contributed by atoms with Gasteiger partial charge in [0.1, 0.15) is 5.75 Å². The molecule has 1 aromatic carbocycles. The Bertz CT molecular complexity index is 384. The van der Waals surface area contributed by atoms with E-state index in [0.717, 1.165) is 29.3 Å². The van der Waals surface area contributed by atoms with Crippen LogP contribution in [0.2, 0.25) is 5.02 Å². The van der Waals surface area contributed by atoms with E-state index in [0.29, 0.717) is 12.5 Å². The number of hydrogen-bond acceptors (Lipinski definition) is 3. The van der Waals surface area contributed by atoms with Crippen molar-refractivity contribution in [3.05, 3.63) is 28.8 Å². The molecule has 2 N–H and O–H groups in total. The summed E-state index contributed by atoms with van der Waals surface area (Å²) < 4.78 is 5.63. The number of halogens is 1. The van der Waals surface area contributed by atoms with Crippen molar-refractivity contribution in [2.24, 2.45) is 5.92 Å². The van der Waals surface area contributed by atoms with Gasteiger partial charge in [0.05, 0.1) is 6.61 Å². The first kappa shape index (κ1) is 16.3. The summed E-state index contributed by atoms with van der Waals surface area (Å²) in [5.74, 6) is 1.32. The number of nitrogens with one attached hydrogen (secondary N) is 1. The maximum absolute atomic E-state index is 8.90. The number of hydrogen-bond donors (Lipinski definition) is 2. The van der Waals surface area contributed by atoms with Gasteiger partial charge in [-0.15, -0.1) is 0 Å². The average Bonchev–Trinajstić information content (AvgIpc) is 2.38. The molecule has 19 heavy (non-hydrogen) atoms. The summed E-state index contributed by atoms with van der Waals surface area (Å²) in [7, 11) is 0. The van der Waals surface area contributed by atoms with E-state index in [1.54, 1.807) is 0 Å². The van der Waals surface area contributed by atoms with E-state index in [2.05, 4.69) is 19.2 Å². The fraction of sp³-hybridized carbons (Fsp3) is 0.600. The highest BCUT2D eigenvalue weighted by atomic mass is 35.5. The molecule has 0 saturated carbocycles. The van der Waals surface area contributed by atoms with Crippen molar-refractivity contribution < 1.29 is 9.84 Å². The molecule has 0 aliphatic heterocycles. The van der Waals surface area contributed by atoms with E-state index in [4.69, 9.17) is 21.4 Å². The van der Waals surface area contributed by atoms with Crippen molar-refractivity contribution in [1.82, 2.24) is 5.32 Å². The molecule has 108 valence electrons. The monoisotopic (exact) mass is 285 g/mol. The van der Waals surface area contributed by atoms with Gasteiger partial charge in [-0.05, 0) is 50.9 Å². The molecule has 2 unspecified atom stereocenters. The molecule has 0 radical (unpaired) electrons. The molecule has 0 saturated heterocycles. The van der Waals surface area contributed by atoms with Gasteiger partial charge in [0.2, 0.25) is 0 Å².